The number of carbonyl (C=O) groups is 4. The Balaban J connectivity index is 1.35. The molecule has 0 fully saturated rings. The van der Waals surface area contributed by atoms with Crippen molar-refractivity contribution < 1.29 is 33.1 Å². The molecule has 0 saturated heterocycles. The van der Waals surface area contributed by atoms with Crippen molar-refractivity contribution in [3.8, 4) is 0 Å². The Morgan fingerprint density at radius 3 is 2.45 bits per heavy atom. The number of hydrogen-bond donors (Lipinski definition) is 4. The highest BCUT2D eigenvalue weighted by atomic mass is 16.4. The van der Waals surface area contributed by atoms with Crippen molar-refractivity contribution in [3.05, 3.63) is 45.0 Å². The van der Waals surface area contributed by atoms with Gasteiger partial charge in [0.1, 0.15) is 23.0 Å². The number of hydrogen-bond acceptors (Lipinski definition) is 7. The summed E-state index contributed by atoms with van der Waals surface area (Å²) in [7, 11) is 0. The second kappa shape index (κ2) is 13.7. The molecule has 226 valence electrons. The minimum Gasteiger partial charge on any atom is -0.481 e. The molecule has 1 aromatic carbocycles. The van der Waals surface area contributed by atoms with E-state index in [-0.39, 0.29) is 44.7 Å². The molecule has 0 saturated carbocycles. The zero-order valence-corrected chi connectivity index (χ0v) is 24.4. The maximum atomic E-state index is 12.8. The van der Waals surface area contributed by atoms with Gasteiger partial charge in [-0.25, -0.2) is 4.79 Å². The van der Waals surface area contributed by atoms with Gasteiger partial charge in [-0.2, -0.15) is 0 Å². The van der Waals surface area contributed by atoms with Crippen molar-refractivity contribution in [1.29, 1.82) is 0 Å². The van der Waals surface area contributed by atoms with Crippen LogP contribution < -0.4 is 21.6 Å². The largest absolute Gasteiger partial charge is 0.481 e. The lowest BCUT2D eigenvalue weighted by Gasteiger charge is -2.23. The average Bonchev–Trinajstić information content (AvgIpc) is 3.32. The van der Waals surface area contributed by atoms with Crippen LogP contribution in [-0.4, -0.2) is 47.9 Å². The Morgan fingerprint density at radius 1 is 0.976 bits per heavy atom. The third kappa shape index (κ3) is 7.18. The summed E-state index contributed by atoms with van der Waals surface area (Å²) in [6, 6.07) is 2.97. The number of carboxylic acid groups (broad SMARTS) is 1. The number of amides is 3. The lowest BCUT2D eigenvalue weighted by Crippen LogP contribution is -2.52. The Bertz CT molecular complexity index is 1550. The Labute approximate surface area is 243 Å². The molecule has 2 aromatic heterocycles. The predicted octanol–water partition coefficient (Wildman–Crippen LogP) is 3.29. The fourth-order valence-corrected chi connectivity index (χ4v) is 5.43. The van der Waals surface area contributed by atoms with Gasteiger partial charge in [0.2, 0.25) is 17.7 Å². The minimum absolute atomic E-state index is 0.0212. The van der Waals surface area contributed by atoms with Crippen LogP contribution in [0.2, 0.25) is 0 Å². The summed E-state index contributed by atoms with van der Waals surface area (Å²) in [5.41, 5.74) is 3.04. The molecule has 1 aliphatic carbocycles. The highest BCUT2D eigenvalue weighted by molar-refractivity contribution is 5.97. The summed E-state index contributed by atoms with van der Waals surface area (Å²) in [6.45, 7) is 5.42. The first-order valence-corrected chi connectivity index (χ1v) is 14.6. The van der Waals surface area contributed by atoms with Crippen molar-refractivity contribution in [2.45, 2.75) is 84.6 Å². The highest BCUT2D eigenvalue weighted by Gasteiger charge is 2.26. The summed E-state index contributed by atoms with van der Waals surface area (Å²) in [4.78, 5) is 61.2. The molecule has 0 aliphatic heterocycles. The van der Waals surface area contributed by atoms with E-state index in [1.807, 2.05) is 26.8 Å². The molecule has 11 nitrogen and oxygen atoms in total. The van der Waals surface area contributed by atoms with Crippen molar-refractivity contribution in [2.24, 2.45) is 5.92 Å². The van der Waals surface area contributed by atoms with Gasteiger partial charge in [-0.1, -0.05) is 20.3 Å². The molecule has 0 bridgehead atoms. The molecule has 2 heterocycles. The van der Waals surface area contributed by atoms with E-state index in [2.05, 4.69) is 16.0 Å². The molecule has 0 spiro atoms. The van der Waals surface area contributed by atoms with E-state index in [1.54, 1.807) is 6.07 Å². The number of aliphatic carboxylic acids is 1. The van der Waals surface area contributed by atoms with Gasteiger partial charge in [0.15, 0.2) is 0 Å². The quantitative estimate of drug-likeness (QED) is 0.176. The van der Waals surface area contributed by atoms with Crippen LogP contribution in [0, 0.1) is 12.8 Å². The molecule has 0 radical (unpaired) electrons. The van der Waals surface area contributed by atoms with Crippen LogP contribution in [0.4, 0.5) is 0 Å². The smallest absolute Gasteiger partial charge is 0.339 e. The van der Waals surface area contributed by atoms with Gasteiger partial charge in [0, 0.05) is 53.8 Å². The summed E-state index contributed by atoms with van der Waals surface area (Å²) < 4.78 is 11.6. The Kier molecular flexibility index (Phi) is 10.0. The second-order valence-electron chi connectivity index (χ2n) is 11.0. The first-order chi connectivity index (χ1) is 20.1. The van der Waals surface area contributed by atoms with Gasteiger partial charge < -0.3 is 29.9 Å². The van der Waals surface area contributed by atoms with Crippen LogP contribution in [0.15, 0.2) is 25.8 Å². The number of aryl methyl sites for hydroxylation is 3. The van der Waals surface area contributed by atoms with Crippen LogP contribution in [0.25, 0.3) is 21.9 Å². The van der Waals surface area contributed by atoms with E-state index in [0.717, 1.165) is 47.8 Å². The zero-order valence-electron chi connectivity index (χ0n) is 24.4. The molecule has 3 aromatic rings. The molecule has 4 N–H and O–H groups in total. The van der Waals surface area contributed by atoms with E-state index in [9.17, 15) is 24.0 Å². The van der Waals surface area contributed by atoms with E-state index < -0.39 is 35.4 Å². The number of benzene rings is 1. The van der Waals surface area contributed by atoms with Gasteiger partial charge >= 0.3 is 11.6 Å². The normalized spacial score (nSPS) is 14.3. The van der Waals surface area contributed by atoms with E-state index in [0.29, 0.717) is 23.2 Å². The average molecular weight is 582 g/mol. The van der Waals surface area contributed by atoms with Gasteiger partial charge in [-0.15, -0.1) is 0 Å². The number of rotatable bonds is 13. The third-order valence-corrected chi connectivity index (χ3v) is 8.09. The number of carbonyl (C=O) groups excluding carboxylic acids is 3. The van der Waals surface area contributed by atoms with Gasteiger partial charge in [-0.3, -0.25) is 19.2 Å². The topological polar surface area (TPSA) is 168 Å². The number of carboxylic acids is 1. The molecule has 4 rings (SSSR count). The lowest BCUT2D eigenvalue weighted by molar-refractivity contribution is -0.137. The molecule has 42 heavy (non-hydrogen) atoms. The third-order valence-electron chi connectivity index (χ3n) is 8.09. The van der Waals surface area contributed by atoms with Crippen molar-refractivity contribution in [3.63, 3.8) is 0 Å². The zero-order chi connectivity index (χ0) is 30.4. The summed E-state index contributed by atoms with van der Waals surface area (Å²) in [5.74, 6) is -1.46. The second-order valence-corrected chi connectivity index (χ2v) is 11.0. The summed E-state index contributed by atoms with van der Waals surface area (Å²) in [6.07, 6.45) is 5.04. The maximum absolute atomic E-state index is 12.8. The van der Waals surface area contributed by atoms with Gasteiger partial charge in [0.05, 0.1) is 6.54 Å². The molecule has 1 aliphatic rings. The molecular formula is C31H39N3O8. The first kappa shape index (κ1) is 30.8. The fraction of sp³-hybridized carbons (Fsp3) is 0.516. The standard InChI is InChI=1S/C31H39N3O8/c1-4-17(2)29(30(39)32-13-7-10-28(37)38)34-27(36)16-33-26(35)12-11-19-18(3)21-14-22-20-8-5-6-9-23(20)41-25(22)15-24(21)42-31(19)40/h14-15,17,29H,4-13,16H2,1-3H3,(H,32,39)(H,33,35)(H,34,36)(H,37,38). The predicted molar refractivity (Wildman–Crippen MR) is 156 cm³/mol. The summed E-state index contributed by atoms with van der Waals surface area (Å²) >= 11 is 0. The monoisotopic (exact) mass is 581 g/mol. The minimum atomic E-state index is -0.947. The maximum Gasteiger partial charge on any atom is 0.339 e. The van der Waals surface area contributed by atoms with Gasteiger partial charge in [0.25, 0.3) is 0 Å². The molecule has 2 unspecified atom stereocenters. The number of fused-ring (bicyclic) bond motifs is 4. The van der Waals surface area contributed by atoms with E-state index in [1.165, 1.54) is 5.56 Å². The van der Waals surface area contributed by atoms with Crippen molar-refractivity contribution >= 4 is 45.6 Å². The van der Waals surface area contributed by atoms with Crippen LogP contribution >= 0.6 is 0 Å². The first-order valence-electron chi connectivity index (χ1n) is 14.6. The molecule has 2 atom stereocenters. The SMILES string of the molecule is CCC(C)C(NC(=O)CNC(=O)CCc1c(C)c2cc3c4c(oc3cc2oc1=O)CCCC4)C(=O)NCCCC(=O)O. The van der Waals surface area contributed by atoms with Gasteiger partial charge in [-0.05, 0) is 56.6 Å². The molecule has 3 amide bonds. The van der Waals surface area contributed by atoms with Crippen molar-refractivity contribution in [2.75, 3.05) is 13.1 Å². The summed E-state index contributed by atoms with van der Waals surface area (Å²) in [5, 5.41) is 18.5. The molecular weight excluding hydrogens is 542 g/mol. The van der Waals surface area contributed by atoms with Crippen LogP contribution in [0.5, 0.6) is 0 Å². The lowest BCUT2D eigenvalue weighted by atomic mass is 9.94. The number of furan rings is 1. The molecule has 11 heteroatoms. The van der Waals surface area contributed by atoms with Crippen molar-refractivity contribution in [1.82, 2.24) is 16.0 Å². The highest BCUT2D eigenvalue weighted by Crippen LogP contribution is 2.35. The van der Waals surface area contributed by atoms with Crippen LogP contribution in [0.1, 0.15) is 74.8 Å². The van der Waals surface area contributed by atoms with E-state index >= 15 is 0 Å². The Morgan fingerprint density at radius 2 is 1.71 bits per heavy atom. The fourth-order valence-electron chi connectivity index (χ4n) is 5.43. The Hall–Kier alpha value is -4.15. The van der Waals surface area contributed by atoms with E-state index in [4.69, 9.17) is 13.9 Å². The van der Waals surface area contributed by atoms with Crippen LogP contribution in [0.3, 0.4) is 0 Å². The van der Waals surface area contributed by atoms with Crippen LogP contribution in [-0.2, 0) is 38.4 Å². The number of nitrogens with one attached hydrogen (secondary N) is 3.